The molecule has 1 saturated carbocycles. The molecular weight excluding hydrogens is 458 g/mol. The largest absolute Gasteiger partial charge is 0.504 e. The molecule has 4 aliphatic rings. The summed E-state index contributed by atoms with van der Waals surface area (Å²) in [5.41, 5.74) is 1.74. The molecule has 5 atom stereocenters. The summed E-state index contributed by atoms with van der Waals surface area (Å²) in [5, 5.41) is 23.7. The van der Waals surface area contributed by atoms with Gasteiger partial charge in [0.15, 0.2) is 11.5 Å². The molecule has 2 aliphatic carbocycles. The molecule has 1 saturated heterocycles. The molecular formula is C28H31N3O5. The van der Waals surface area contributed by atoms with Gasteiger partial charge in [0, 0.05) is 30.0 Å². The highest BCUT2D eigenvalue weighted by atomic mass is 16.6. The lowest BCUT2D eigenvalue weighted by Crippen LogP contribution is -2.80. The van der Waals surface area contributed by atoms with E-state index in [9.17, 15) is 20.0 Å². The Kier molecular flexibility index (Phi) is 4.99. The predicted octanol–water partition coefficient (Wildman–Crippen LogP) is 3.31. The van der Waals surface area contributed by atoms with Gasteiger partial charge in [-0.1, -0.05) is 35.9 Å². The first-order valence-electron chi connectivity index (χ1n) is 12.6. The number of piperidine rings is 1. The molecule has 2 aliphatic heterocycles. The third kappa shape index (κ3) is 2.82. The minimum Gasteiger partial charge on any atom is -0.504 e. The van der Waals surface area contributed by atoms with Crippen molar-refractivity contribution in [3.05, 3.63) is 74.8 Å². The summed E-state index contributed by atoms with van der Waals surface area (Å²) in [5.74, 6) is 0.213. The normalized spacial score (nSPS) is 32.1. The summed E-state index contributed by atoms with van der Waals surface area (Å²) in [6.45, 7) is 2.71. The van der Waals surface area contributed by atoms with Crippen molar-refractivity contribution in [3.8, 4) is 11.5 Å². The number of amides is 1. The Morgan fingerprint density at radius 3 is 2.86 bits per heavy atom. The van der Waals surface area contributed by atoms with Crippen molar-refractivity contribution < 1.29 is 19.6 Å². The van der Waals surface area contributed by atoms with Crippen LogP contribution in [0.1, 0.15) is 41.5 Å². The number of phenolic OH excluding ortho intramolecular Hbond substituents is 1. The number of ether oxygens (including phenoxy) is 1. The van der Waals surface area contributed by atoms with Crippen LogP contribution >= 0.6 is 0 Å². The van der Waals surface area contributed by atoms with Crippen LogP contribution in [0.15, 0.2) is 42.5 Å². The van der Waals surface area contributed by atoms with Crippen molar-refractivity contribution >= 4 is 12.0 Å². The monoisotopic (exact) mass is 489 g/mol. The van der Waals surface area contributed by atoms with Crippen molar-refractivity contribution in [1.29, 1.82) is 0 Å². The van der Waals surface area contributed by atoms with Crippen LogP contribution in [-0.2, 0) is 16.6 Å². The van der Waals surface area contributed by atoms with E-state index in [2.05, 4.69) is 4.90 Å². The van der Waals surface area contributed by atoms with E-state index in [0.29, 0.717) is 38.0 Å². The summed E-state index contributed by atoms with van der Waals surface area (Å²) in [4.78, 5) is 30.1. The highest BCUT2D eigenvalue weighted by molar-refractivity contribution is 5.92. The fraction of sp³-hybridized carbons (Fsp3) is 0.464. The Balaban J connectivity index is 1.43. The predicted molar refractivity (Wildman–Crippen MR) is 135 cm³/mol. The molecule has 1 amide bonds. The van der Waals surface area contributed by atoms with Crippen LogP contribution in [0.4, 0.5) is 0 Å². The second-order valence-corrected chi connectivity index (χ2v) is 10.9. The SMILES string of the molecule is Cc1cccc(/C=C/C(=O)N(C)C2CC[C@@]3([N+](=O)[O-])[C@H]4Cc5ccc(O)c6c5[C@@]3(CCN4C)C2O6)c1. The lowest BCUT2D eigenvalue weighted by atomic mass is 9.47. The van der Waals surface area contributed by atoms with E-state index in [4.69, 9.17) is 4.74 Å². The molecule has 8 heteroatoms. The van der Waals surface area contributed by atoms with E-state index >= 15 is 0 Å². The van der Waals surface area contributed by atoms with E-state index in [1.807, 2.05) is 44.3 Å². The minimum atomic E-state index is -1.23. The molecule has 6 rings (SSSR count). The van der Waals surface area contributed by atoms with Crippen LogP contribution in [0.25, 0.3) is 6.08 Å². The molecule has 0 radical (unpaired) electrons. The third-order valence-electron chi connectivity index (χ3n) is 9.33. The fourth-order valence-corrected chi connectivity index (χ4v) is 7.72. The Labute approximate surface area is 210 Å². The molecule has 36 heavy (non-hydrogen) atoms. The average Bonchev–Trinajstić information content (AvgIpc) is 3.21. The number of nitrogens with zero attached hydrogens (tertiary/aromatic N) is 3. The van der Waals surface area contributed by atoms with Gasteiger partial charge in [-0.15, -0.1) is 0 Å². The number of carbonyl (C=O) groups excluding carboxylic acids is 1. The van der Waals surface area contributed by atoms with Crippen LogP contribution in [-0.4, -0.2) is 70.1 Å². The molecule has 0 aromatic heterocycles. The van der Waals surface area contributed by atoms with Crippen molar-refractivity contribution in [2.75, 3.05) is 20.6 Å². The van der Waals surface area contributed by atoms with Gasteiger partial charge >= 0.3 is 0 Å². The summed E-state index contributed by atoms with van der Waals surface area (Å²) in [6.07, 6.45) is 4.68. The maximum Gasteiger partial charge on any atom is 0.251 e. The average molecular weight is 490 g/mol. The Hall–Kier alpha value is -3.39. The number of phenols is 1. The zero-order chi connectivity index (χ0) is 25.4. The minimum absolute atomic E-state index is 0.0132. The fourth-order valence-electron chi connectivity index (χ4n) is 7.72. The molecule has 1 N–H and O–H groups in total. The van der Waals surface area contributed by atoms with Crippen molar-refractivity contribution in [2.24, 2.45) is 0 Å². The molecule has 1 spiro atoms. The Bertz CT molecular complexity index is 1310. The van der Waals surface area contributed by atoms with Crippen LogP contribution in [0.3, 0.4) is 0 Å². The van der Waals surface area contributed by atoms with Gasteiger partial charge in [-0.05, 0) is 63.0 Å². The number of hydrogen-bond donors (Lipinski definition) is 1. The summed E-state index contributed by atoms with van der Waals surface area (Å²) < 4.78 is 6.49. The van der Waals surface area contributed by atoms with Crippen LogP contribution in [0, 0.1) is 17.0 Å². The molecule has 188 valence electrons. The van der Waals surface area contributed by atoms with Gasteiger partial charge in [-0.3, -0.25) is 19.8 Å². The number of carbonyl (C=O) groups is 1. The van der Waals surface area contributed by atoms with Gasteiger partial charge in [0.25, 0.3) is 5.54 Å². The summed E-state index contributed by atoms with van der Waals surface area (Å²) in [7, 11) is 3.73. The quantitative estimate of drug-likeness (QED) is 0.402. The Morgan fingerprint density at radius 1 is 1.31 bits per heavy atom. The number of aromatic hydroxyl groups is 1. The molecule has 8 nitrogen and oxygen atoms in total. The van der Waals surface area contributed by atoms with Crippen LogP contribution in [0.5, 0.6) is 11.5 Å². The lowest BCUT2D eigenvalue weighted by Gasteiger charge is -2.61. The van der Waals surface area contributed by atoms with Crippen LogP contribution < -0.4 is 4.74 Å². The number of nitro groups is 1. The second kappa shape index (κ2) is 7.80. The molecule has 2 bridgehead atoms. The second-order valence-electron chi connectivity index (χ2n) is 10.9. The first kappa shape index (κ1) is 23.0. The van der Waals surface area contributed by atoms with Crippen molar-refractivity contribution in [3.63, 3.8) is 0 Å². The number of likely N-dealkylation sites (N-methyl/N-ethyl adjacent to an activating group) is 2. The maximum atomic E-state index is 13.3. The van der Waals surface area contributed by atoms with Crippen molar-refractivity contribution in [1.82, 2.24) is 9.80 Å². The van der Waals surface area contributed by atoms with Gasteiger partial charge in [-0.25, -0.2) is 0 Å². The van der Waals surface area contributed by atoms with E-state index < -0.39 is 17.1 Å². The molecule has 2 unspecified atom stereocenters. The first-order chi connectivity index (χ1) is 17.2. The van der Waals surface area contributed by atoms with E-state index in [-0.39, 0.29) is 28.7 Å². The van der Waals surface area contributed by atoms with Gasteiger partial charge in [0.2, 0.25) is 5.91 Å². The van der Waals surface area contributed by atoms with E-state index in [1.54, 1.807) is 30.2 Å². The van der Waals surface area contributed by atoms with Gasteiger partial charge < -0.3 is 14.7 Å². The number of likely N-dealkylation sites (tertiary alicyclic amines) is 1. The van der Waals surface area contributed by atoms with Gasteiger partial charge in [-0.2, -0.15) is 0 Å². The standard InChI is InChI=1S/C28H31N3O5/c1-17-5-4-6-18(15-17)7-10-23(33)30(3)20-11-12-28(31(34)35)22-16-19-8-9-21(32)25-24(19)27(28,26(20)36-25)13-14-29(22)2/h4-10,15,20,22,26,32H,11-14,16H2,1-3H3/b10-7+/t20?,22-,26?,27+,28-/m1/s1. The maximum absolute atomic E-state index is 13.3. The zero-order valence-corrected chi connectivity index (χ0v) is 20.8. The summed E-state index contributed by atoms with van der Waals surface area (Å²) >= 11 is 0. The highest BCUT2D eigenvalue weighted by Crippen LogP contribution is 2.66. The number of aryl methyl sites for hydroxylation is 1. The van der Waals surface area contributed by atoms with Gasteiger partial charge in [0.1, 0.15) is 11.5 Å². The highest BCUT2D eigenvalue weighted by Gasteiger charge is 2.80. The summed E-state index contributed by atoms with van der Waals surface area (Å²) in [6, 6.07) is 10.8. The van der Waals surface area contributed by atoms with Crippen LogP contribution in [0.2, 0.25) is 0 Å². The molecule has 2 heterocycles. The molecule has 2 fully saturated rings. The van der Waals surface area contributed by atoms with E-state index in [1.165, 1.54) is 0 Å². The zero-order valence-electron chi connectivity index (χ0n) is 20.8. The number of benzene rings is 2. The number of rotatable bonds is 4. The van der Waals surface area contributed by atoms with E-state index in [0.717, 1.165) is 22.3 Å². The Morgan fingerprint density at radius 2 is 2.11 bits per heavy atom. The smallest absolute Gasteiger partial charge is 0.251 e. The topological polar surface area (TPSA) is 96.2 Å². The van der Waals surface area contributed by atoms with Crippen molar-refractivity contribution in [2.45, 2.75) is 61.7 Å². The first-order valence-corrected chi connectivity index (χ1v) is 12.6. The lowest BCUT2D eigenvalue weighted by molar-refractivity contribution is -0.605. The molecule has 2 aromatic carbocycles. The number of hydrogen-bond acceptors (Lipinski definition) is 6. The molecule has 2 aromatic rings. The van der Waals surface area contributed by atoms with Gasteiger partial charge in [0.05, 0.1) is 12.1 Å². The third-order valence-corrected chi connectivity index (χ3v) is 9.33.